The first-order chi connectivity index (χ1) is 14.0. The summed E-state index contributed by atoms with van der Waals surface area (Å²) in [6.07, 6.45) is 0.0488. The highest BCUT2D eigenvalue weighted by Crippen LogP contribution is 2.30. The van der Waals surface area contributed by atoms with Crippen LogP contribution in [0, 0.1) is 0 Å². The van der Waals surface area contributed by atoms with Crippen molar-refractivity contribution >= 4 is 17.6 Å². The first-order valence-electron chi connectivity index (χ1n) is 9.80. The minimum absolute atomic E-state index is 0.0437. The molecule has 1 atom stereocenters. The van der Waals surface area contributed by atoms with Crippen LogP contribution in [0.1, 0.15) is 31.4 Å². The molecule has 3 rings (SSSR count). The van der Waals surface area contributed by atoms with E-state index in [0.717, 1.165) is 16.9 Å². The van der Waals surface area contributed by atoms with E-state index in [2.05, 4.69) is 10.6 Å². The number of amides is 3. The summed E-state index contributed by atoms with van der Waals surface area (Å²) in [7, 11) is 1.62. The summed E-state index contributed by atoms with van der Waals surface area (Å²) in [5, 5.41) is 5.51. The maximum Gasteiger partial charge on any atom is 0.319 e. The Hall–Kier alpha value is -3.22. The second-order valence-electron chi connectivity index (χ2n) is 6.86. The average molecular weight is 397 g/mol. The van der Waals surface area contributed by atoms with Gasteiger partial charge in [0.15, 0.2) is 6.10 Å². The Bertz CT molecular complexity index is 867. The van der Waals surface area contributed by atoms with E-state index >= 15 is 0 Å². The number of anilines is 1. The minimum atomic E-state index is -0.531. The third kappa shape index (κ3) is 4.99. The van der Waals surface area contributed by atoms with Crippen LogP contribution in [-0.4, -0.2) is 36.6 Å². The molecule has 2 N–H and O–H groups in total. The monoisotopic (exact) mass is 397 g/mol. The molecular formula is C22H27N3O4. The van der Waals surface area contributed by atoms with Gasteiger partial charge in [-0.25, -0.2) is 4.79 Å². The summed E-state index contributed by atoms with van der Waals surface area (Å²) in [5.74, 6) is 1.40. The van der Waals surface area contributed by atoms with Crippen molar-refractivity contribution in [1.82, 2.24) is 10.2 Å². The Kier molecular flexibility index (Phi) is 6.59. The first-order valence-corrected chi connectivity index (χ1v) is 9.80. The van der Waals surface area contributed by atoms with Crippen molar-refractivity contribution in [2.45, 2.75) is 39.5 Å². The van der Waals surface area contributed by atoms with Crippen LogP contribution in [0.4, 0.5) is 10.5 Å². The number of nitrogens with zero attached hydrogens (tertiary/aromatic N) is 1. The molecule has 1 heterocycles. The third-order valence-corrected chi connectivity index (χ3v) is 4.78. The molecule has 0 aromatic heterocycles. The van der Waals surface area contributed by atoms with E-state index in [-0.39, 0.29) is 11.9 Å². The van der Waals surface area contributed by atoms with Gasteiger partial charge in [0, 0.05) is 30.9 Å². The number of methoxy groups -OCH3 is 1. The number of ether oxygens (including phenoxy) is 2. The number of hydrogen-bond acceptors (Lipinski definition) is 4. The summed E-state index contributed by atoms with van der Waals surface area (Å²) in [6, 6.07) is 12.9. The van der Waals surface area contributed by atoms with E-state index in [1.807, 2.05) is 50.2 Å². The van der Waals surface area contributed by atoms with Crippen molar-refractivity contribution in [3.05, 3.63) is 53.6 Å². The standard InChI is InChI=1S/C22H27N3O4/c1-4-19-21(26)25(13-15-6-9-18(28-3)10-7-15)14-16-12-17(8-11-20(16)29-19)24-22(27)23-5-2/h6-12,19H,4-5,13-14H2,1-3H3,(H2,23,24,27)/t19-/m1/s1. The van der Waals surface area contributed by atoms with E-state index < -0.39 is 6.10 Å². The Labute approximate surface area is 171 Å². The van der Waals surface area contributed by atoms with Gasteiger partial charge in [0.2, 0.25) is 0 Å². The molecule has 2 aromatic rings. The summed E-state index contributed by atoms with van der Waals surface area (Å²) < 4.78 is 11.2. The van der Waals surface area contributed by atoms with E-state index in [0.29, 0.717) is 37.5 Å². The summed E-state index contributed by atoms with van der Waals surface area (Å²) in [6.45, 7) is 5.21. The number of hydrogen-bond donors (Lipinski definition) is 2. The molecule has 7 heteroatoms. The number of nitrogens with one attached hydrogen (secondary N) is 2. The Morgan fingerprint density at radius 3 is 2.62 bits per heavy atom. The van der Waals surface area contributed by atoms with Gasteiger partial charge in [0.05, 0.1) is 7.11 Å². The van der Waals surface area contributed by atoms with E-state index in [1.165, 1.54) is 0 Å². The molecule has 1 aliphatic rings. The molecule has 2 aromatic carbocycles. The third-order valence-electron chi connectivity index (χ3n) is 4.78. The molecule has 0 saturated carbocycles. The molecule has 0 fully saturated rings. The molecule has 29 heavy (non-hydrogen) atoms. The number of urea groups is 1. The predicted octanol–water partition coefficient (Wildman–Crippen LogP) is 3.54. The Morgan fingerprint density at radius 1 is 1.21 bits per heavy atom. The molecule has 7 nitrogen and oxygen atoms in total. The zero-order valence-electron chi connectivity index (χ0n) is 17.0. The topological polar surface area (TPSA) is 79.9 Å². The highest BCUT2D eigenvalue weighted by Gasteiger charge is 2.30. The largest absolute Gasteiger partial charge is 0.497 e. The van der Waals surface area contributed by atoms with Gasteiger partial charge in [0.25, 0.3) is 5.91 Å². The Balaban J connectivity index is 1.84. The first kappa shape index (κ1) is 20.5. The highest BCUT2D eigenvalue weighted by atomic mass is 16.5. The molecular weight excluding hydrogens is 370 g/mol. The van der Waals surface area contributed by atoms with Gasteiger partial charge in [-0.2, -0.15) is 0 Å². The molecule has 0 unspecified atom stereocenters. The van der Waals surface area contributed by atoms with Gasteiger partial charge >= 0.3 is 6.03 Å². The second kappa shape index (κ2) is 9.32. The second-order valence-corrected chi connectivity index (χ2v) is 6.86. The van der Waals surface area contributed by atoms with Crippen molar-refractivity contribution in [2.75, 3.05) is 19.0 Å². The average Bonchev–Trinajstić information content (AvgIpc) is 2.85. The molecule has 0 radical (unpaired) electrons. The number of rotatable bonds is 6. The Morgan fingerprint density at radius 2 is 1.97 bits per heavy atom. The van der Waals surface area contributed by atoms with E-state index in [9.17, 15) is 9.59 Å². The van der Waals surface area contributed by atoms with Crippen LogP contribution in [0.15, 0.2) is 42.5 Å². The van der Waals surface area contributed by atoms with E-state index in [1.54, 1.807) is 18.1 Å². The summed E-state index contributed by atoms with van der Waals surface area (Å²) in [5.41, 5.74) is 2.52. The van der Waals surface area contributed by atoms with Crippen molar-refractivity contribution in [3.63, 3.8) is 0 Å². The highest BCUT2D eigenvalue weighted by molar-refractivity contribution is 5.89. The quantitative estimate of drug-likeness (QED) is 0.781. The van der Waals surface area contributed by atoms with Crippen LogP contribution >= 0.6 is 0 Å². The number of fused-ring (bicyclic) bond motifs is 1. The number of carbonyl (C=O) groups excluding carboxylic acids is 2. The number of carbonyl (C=O) groups is 2. The maximum atomic E-state index is 13.0. The lowest BCUT2D eigenvalue weighted by Gasteiger charge is -2.23. The molecule has 0 bridgehead atoms. The molecule has 1 aliphatic heterocycles. The van der Waals surface area contributed by atoms with Crippen molar-refractivity contribution in [3.8, 4) is 11.5 Å². The van der Waals surface area contributed by atoms with E-state index in [4.69, 9.17) is 9.47 Å². The molecule has 154 valence electrons. The fraction of sp³-hybridized carbons (Fsp3) is 0.364. The maximum absolute atomic E-state index is 13.0. The van der Waals surface area contributed by atoms with Crippen molar-refractivity contribution in [1.29, 1.82) is 0 Å². The predicted molar refractivity (Wildman–Crippen MR) is 111 cm³/mol. The zero-order chi connectivity index (χ0) is 20.8. The van der Waals surface area contributed by atoms with Crippen LogP contribution in [0.2, 0.25) is 0 Å². The van der Waals surface area contributed by atoms with Crippen LogP contribution in [0.5, 0.6) is 11.5 Å². The van der Waals surface area contributed by atoms with Crippen molar-refractivity contribution in [2.24, 2.45) is 0 Å². The lowest BCUT2D eigenvalue weighted by Crippen LogP contribution is -2.38. The summed E-state index contributed by atoms with van der Waals surface area (Å²) >= 11 is 0. The molecule has 0 saturated heterocycles. The van der Waals surface area contributed by atoms with Gasteiger partial charge in [-0.1, -0.05) is 19.1 Å². The van der Waals surface area contributed by atoms with Gasteiger partial charge in [0.1, 0.15) is 11.5 Å². The van der Waals surface area contributed by atoms with Crippen LogP contribution in [0.25, 0.3) is 0 Å². The van der Waals surface area contributed by atoms with Crippen LogP contribution in [0.3, 0.4) is 0 Å². The molecule has 0 aliphatic carbocycles. The smallest absolute Gasteiger partial charge is 0.319 e. The lowest BCUT2D eigenvalue weighted by atomic mass is 10.1. The fourth-order valence-electron chi connectivity index (χ4n) is 3.27. The van der Waals surface area contributed by atoms with Gasteiger partial charge in [-0.05, 0) is 49.2 Å². The minimum Gasteiger partial charge on any atom is -0.497 e. The van der Waals surface area contributed by atoms with Crippen LogP contribution in [-0.2, 0) is 17.9 Å². The normalized spacial score (nSPS) is 15.8. The zero-order valence-corrected chi connectivity index (χ0v) is 17.0. The van der Waals surface area contributed by atoms with Crippen molar-refractivity contribution < 1.29 is 19.1 Å². The SMILES string of the molecule is CCNC(=O)Nc1ccc2c(c1)CN(Cc1ccc(OC)cc1)C(=O)[C@@H](CC)O2. The number of benzene rings is 2. The fourth-order valence-corrected chi connectivity index (χ4v) is 3.27. The molecule has 3 amide bonds. The molecule has 0 spiro atoms. The lowest BCUT2D eigenvalue weighted by molar-refractivity contribution is -0.139. The van der Waals surface area contributed by atoms with Crippen LogP contribution < -0.4 is 20.1 Å². The summed E-state index contributed by atoms with van der Waals surface area (Å²) in [4.78, 5) is 26.6. The van der Waals surface area contributed by atoms with Gasteiger partial charge in [-0.15, -0.1) is 0 Å². The van der Waals surface area contributed by atoms with Gasteiger partial charge in [-0.3, -0.25) is 4.79 Å². The van der Waals surface area contributed by atoms with Gasteiger partial charge < -0.3 is 25.0 Å².